The minimum atomic E-state index is -3.07. The summed E-state index contributed by atoms with van der Waals surface area (Å²) in [5, 5.41) is 2.72. The quantitative estimate of drug-likeness (QED) is 0.831. The van der Waals surface area contributed by atoms with Gasteiger partial charge in [-0.2, -0.15) is 0 Å². The zero-order valence-electron chi connectivity index (χ0n) is 12.9. The van der Waals surface area contributed by atoms with Crippen LogP contribution in [0.4, 0.5) is 4.79 Å². The van der Waals surface area contributed by atoms with E-state index in [0.29, 0.717) is 26.1 Å². The van der Waals surface area contributed by atoms with Gasteiger partial charge in [-0.3, -0.25) is 0 Å². The van der Waals surface area contributed by atoms with Gasteiger partial charge in [-0.05, 0) is 18.6 Å². The van der Waals surface area contributed by atoms with Crippen LogP contribution in [0.25, 0.3) is 0 Å². The molecule has 0 unspecified atom stereocenters. The third-order valence-corrected chi connectivity index (χ3v) is 6.37. The molecule has 1 N–H and O–H groups in total. The molecule has 0 aromatic heterocycles. The number of likely N-dealkylation sites (tertiary alicyclic amines) is 1. The predicted octanol–water partition coefficient (Wildman–Crippen LogP) is 2.00. The van der Waals surface area contributed by atoms with Crippen LogP contribution in [0.15, 0.2) is 35.2 Å². The van der Waals surface area contributed by atoms with Crippen molar-refractivity contribution >= 4 is 27.6 Å². The van der Waals surface area contributed by atoms with Crippen LogP contribution in [0.1, 0.15) is 13.3 Å². The van der Waals surface area contributed by atoms with E-state index in [0.717, 1.165) is 0 Å². The highest BCUT2D eigenvalue weighted by molar-refractivity contribution is 8.00. The number of benzene rings is 1. The zero-order chi connectivity index (χ0) is 16.2. The lowest BCUT2D eigenvalue weighted by Crippen LogP contribution is -2.41. The Morgan fingerprint density at radius 1 is 1.41 bits per heavy atom. The summed E-state index contributed by atoms with van der Waals surface area (Å²) in [7, 11) is -3.07. The number of rotatable bonds is 5. The van der Waals surface area contributed by atoms with Crippen molar-refractivity contribution in [1.29, 1.82) is 0 Å². The normalized spacial score (nSPS) is 19.9. The molecule has 7 heteroatoms. The Bertz CT molecular complexity index is 604. The Hall–Kier alpha value is -1.21. The van der Waals surface area contributed by atoms with Gasteiger partial charge in [-0.25, -0.2) is 13.2 Å². The van der Waals surface area contributed by atoms with E-state index in [1.165, 1.54) is 11.2 Å². The van der Waals surface area contributed by atoms with Crippen LogP contribution < -0.4 is 5.32 Å². The van der Waals surface area contributed by atoms with Crippen molar-refractivity contribution in [2.75, 3.05) is 25.9 Å². The summed E-state index contributed by atoms with van der Waals surface area (Å²) in [6.45, 7) is 3.41. The predicted molar refractivity (Wildman–Crippen MR) is 90.0 cm³/mol. The van der Waals surface area contributed by atoms with Gasteiger partial charge in [0, 0.05) is 36.0 Å². The molecule has 22 heavy (non-hydrogen) atoms. The second-order valence-electron chi connectivity index (χ2n) is 5.61. The maximum absolute atomic E-state index is 12.1. The molecule has 1 aromatic carbocycles. The Balaban J connectivity index is 1.76. The maximum Gasteiger partial charge on any atom is 0.317 e. The van der Waals surface area contributed by atoms with Gasteiger partial charge >= 0.3 is 6.03 Å². The largest absolute Gasteiger partial charge is 0.337 e. The van der Waals surface area contributed by atoms with Gasteiger partial charge in [-0.15, -0.1) is 11.8 Å². The minimum Gasteiger partial charge on any atom is -0.337 e. The van der Waals surface area contributed by atoms with Crippen molar-refractivity contribution < 1.29 is 13.2 Å². The van der Waals surface area contributed by atoms with E-state index < -0.39 is 15.1 Å². The van der Waals surface area contributed by atoms with Crippen LogP contribution in [0, 0.1) is 0 Å². The van der Waals surface area contributed by atoms with Crippen molar-refractivity contribution in [2.45, 2.75) is 28.7 Å². The van der Waals surface area contributed by atoms with Crippen LogP contribution >= 0.6 is 11.8 Å². The topological polar surface area (TPSA) is 66.5 Å². The maximum atomic E-state index is 12.1. The molecule has 0 aliphatic carbocycles. The molecule has 1 fully saturated rings. The lowest BCUT2D eigenvalue weighted by atomic mass is 10.4. The first-order valence-electron chi connectivity index (χ1n) is 7.29. The molecule has 0 spiro atoms. The monoisotopic (exact) mass is 342 g/mol. The van der Waals surface area contributed by atoms with Gasteiger partial charge < -0.3 is 10.2 Å². The van der Waals surface area contributed by atoms with Crippen LogP contribution in [0.3, 0.4) is 0 Å². The lowest BCUT2D eigenvalue weighted by Gasteiger charge is -2.19. The van der Waals surface area contributed by atoms with Gasteiger partial charge in [-0.1, -0.05) is 25.1 Å². The number of sulfone groups is 1. The molecule has 0 saturated carbocycles. The van der Waals surface area contributed by atoms with E-state index in [1.807, 2.05) is 30.3 Å². The minimum absolute atomic E-state index is 0.174. The first-order valence-corrected chi connectivity index (χ1v) is 10.1. The van der Waals surface area contributed by atoms with Gasteiger partial charge in [0.2, 0.25) is 0 Å². The summed E-state index contributed by atoms with van der Waals surface area (Å²) in [4.78, 5) is 14.8. The van der Waals surface area contributed by atoms with Crippen molar-refractivity contribution in [1.82, 2.24) is 10.2 Å². The SMILES string of the molecule is C[C@H](CNC(=O)N1CC[C@H](S(C)(=O)=O)C1)Sc1ccccc1. The molecule has 2 atom stereocenters. The van der Waals surface area contributed by atoms with Crippen LogP contribution in [-0.4, -0.2) is 55.7 Å². The van der Waals surface area contributed by atoms with Gasteiger partial charge in [0.25, 0.3) is 0 Å². The molecule has 2 amide bonds. The van der Waals surface area contributed by atoms with E-state index in [4.69, 9.17) is 0 Å². The summed E-state index contributed by atoms with van der Waals surface area (Å²) in [6, 6.07) is 9.86. The molecular weight excluding hydrogens is 320 g/mol. The van der Waals surface area contributed by atoms with Crippen LogP contribution in [0.2, 0.25) is 0 Å². The molecule has 0 radical (unpaired) electrons. The second-order valence-corrected chi connectivity index (χ2v) is 9.45. The summed E-state index contributed by atoms with van der Waals surface area (Å²) in [6.07, 6.45) is 1.76. The molecule has 1 saturated heterocycles. The van der Waals surface area contributed by atoms with E-state index in [9.17, 15) is 13.2 Å². The number of nitrogens with zero attached hydrogens (tertiary/aromatic N) is 1. The fourth-order valence-corrected chi connectivity index (χ4v) is 4.31. The zero-order valence-corrected chi connectivity index (χ0v) is 14.5. The number of urea groups is 1. The molecule has 1 aliphatic rings. The second kappa shape index (κ2) is 7.37. The molecule has 1 heterocycles. The molecule has 0 bridgehead atoms. The summed E-state index contributed by atoms with van der Waals surface area (Å²) in [5.41, 5.74) is 0. The molecular formula is C15H22N2O3S2. The molecule has 1 aliphatic heterocycles. The average Bonchev–Trinajstić information content (AvgIpc) is 2.96. The molecule has 1 aromatic rings. The fraction of sp³-hybridized carbons (Fsp3) is 0.533. The third kappa shape index (κ3) is 4.91. The highest BCUT2D eigenvalue weighted by atomic mass is 32.2. The van der Waals surface area contributed by atoms with Crippen molar-refractivity contribution in [3.05, 3.63) is 30.3 Å². The van der Waals surface area contributed by atoms with E-state index in [-0.39, 0.29) is 11.3 Å². The third-order valence-electron chi connectivity index (χ3n) is 3.66. The number of hydrogen-bond acceptors (Lipinski definition) is 4. The van der Waals surface area contributed by atoms with Gasteiger partial charge in [0.15, 0.2) is 9.84 Å². The Morgan fingerprint density at radius 2 is 2.09 bits per heavy atom. The van der Waals surface area contributed by atoms with E-state index >= 15 is 0 Å². The van der Waals surface area contributed by atoms with E-state index in [2.05, 4.69) is 12.2 Å². The average molecular weight is 342 g/mol. The van der Waals surface area contributed by atoms with Crippen LogP contribution in [-0.2, 0) is 9.84 Å². The van der Waals surface area contributed by atoms with Gasteiger partial charge in [0.1, 0.15) is 0 Å². The van der Waals surface area contributed by atoms with E-state index in [1.54, 1.807) is 16.7 Å². The Labute approximate surface area is 136 Å². The number of nitrogens with one attached hydrogen (secondary N) is 1. The number of hydrogen-bond donors (Lipinski definition) is 1. The van der Waals surface area contributed by atoms with Crippen molar-refractivity contribution in [3.8, 4) is 0 Å². The Kier molecular flexibility index (Phi) is 5.74. The fourth-order valence-electron chi connectivity index (χ4n) is 2.38. The Morgan fingerprint density at radius 3 is 2.68 bits per heavy atom. The smallest absolute Gasteiger partial charge is 0.317 e. The lowest BCUT2D eigenvalue weighted by molar-refractivity contribution is 0.209. The first-order chi connectivity index (χ1) is 10.4. The summed E-state index contributed by atoms with van der Waals surface area (Å²) >= 11 is 1.70. The summed E-state index contributed by atoms with van der Waals surface area (Å²) < 4.78 is 23.0. The first kappa shape index (κ1) is 17.1. The highest BCUT2D eigenvalue weighted by Gasteiger charge is 2.32. The number of thioether (sulfide) groups is 1. The number of carbonyl (C=O) groups excluding carboxylic acids is 1. The van der Waals surface area contributed by atoms with Gasteiger partial charge in [0.05, 0.1) is 5.25 Å². The molecule has 122 valence electrons. The number of amides is 2. The summed E-state index contributed by atoms with van der Waals surface area (Å²) in [5.74, 6) is 0. The molecule has 5 nitrogen and oxygen atoms in total. The van der Waals surface area contributed by atoms with Crippen LogP contribution in [0.5, 0.6) is 0 Å². The van der Waals surface area contributed by atoms with Crippen molar-refractivity contribution in [3.63, 3.8) is 0 Å². The number of carbonyl (C=O) groups is 1. The highest BCUT2D eigenvalue weighted by Crippen LogP contribution is 2.22. The standard InChI is InChI=1S/C15H22N2O3S2/c1-12(21-13-6-4-3-5-7-13)10-16-15(18)17-9-8-14(11-17)22(2,19)20/h3-7,12,14H,8-11H2,1-2H3,(H,16,18)/t12-,14+/m1/s1. The molecule has 2 rings (SSSR count). The van der Waals surface area contributed by atoms with Crippen molar-refractivity contribution in [2.24, 2.45) is 0 Å².